The van der Waals surface area contributed by atoms with Crippen LogP contribution in [0.5, 0.6) is 0 Å². The number of benzene rings is 1. The van der Waals surface area contributed by atoms with Crippen molar-refractivity contribution in [2.24, 2.45) is 0 Å². The Bertz CT molecular complexity index is 444. The van der Waals surface area contributed by atoms with Gasteiger partial charge in [-0.15, -0.1) is 0 Å². The summed E-state index contributed by atoms with van der Waals surface area (Å²) in [7, 11) is 0. The molecule has 0 fully saturated rings. The Kier molecular flexibility index (Phi) is 2.76. The van der Waals surface area contributed by atoms with Gasteiger partial charge in [0.2, 0.25) is 0 Å². The van der Waals surface area contributed by atoms with Crippen LogP contribution >= 0.6 is 0 Å². The fraction of sp³-hybridized carbons (Fsp3) is 0.364. The first-order chi connectivity index (χ1) is 6.88. The van der Waals surface area contributed by atoms with Gasteiger partial charge in [-0.3, -0.25) is 10.1 Å². The monoisotopic (exact) mass is 204 g/mol. The van der Waals surface area contributed by atoms with Crippen LogP contribution in [0.15, 0.2) is 18.2 Å². The molecule has 4 nitrogen and oxygen atoms in total. The van der Waals surface area contributed by atoms with E-state index in [4.69, 9.17) is 5.26 Å². The molecule has 0 radical (unpaired) electrons. The first-order valence-corrected chi connectivity index (χ1v) is 4.55. The number of nitro benzene ring substituents is 1. The molecular weight excluding hydrogens is 192 g/mol. The third-order valence-electron chi connectivity index (χ3n) is 2.39. The normalized spacial score (nSPS) is 10.8. The van der Waals surface area contributed by atoms with Crippen molar-refractivity contribution in [3.8, 4) is 6.07 Å². The van der Waals surface area contributed by atoms with Crippen molar-refractivity contribution >= 4 is 5.69 Å². The quantitative estimate of drug-likeness (QED) is 0.549. The SMILES string of the molecule is Cc1cc(C(C)(C)C#N)ccc1[N+](=O)[O-]. The highest BCUT2D eigenvalue weighted by Gasteiger charge is 2.21. The van der Waals surface area contributed by atoms with Gasteiger partial charge in [0.1, 0.15) is 0 Å². The summed E-state index contributed by atoms with van der Waals surface area (Å²) in [5.41, 5.74) is 0.862. The summed E-state index contributed by atoms with van der Waals surface area (Å²) in [6, 6.07) is 6.94. The van der Waals surface area contributed by atoms with E-state index in [0.717, 1.165) is 5.56 Å². The fourth-order valence-corrected chi connectivity index (χ4v) is 1.31. The van der Waals surface area contributed by atoms with Gasteiger partial charge in [-0.05, 0) is 32.4 Å². The Morgan fingerprint density at radius 1 is 1.47 bits per heavy atom. The zero-order valence-corrected chi connectivity index (χ0v) is 8.94. The standard InChI is InChI=1S/C11H12N2O2/c1-8-6-9(11(2,3)7-12)4-5-10(8)13(14)15/h4-6H,1-3H3. The van der Waals surface area contributed by atoms with Crippen LogP contribution in [-0.4, -0.2) is 4.92 Å². The highest BCUT2D eigenvalue weighted by Crippen LogP contribution is 2.27. The Hall–Kier alpha value is -1.89. The lowest BCUT2D eigenvalue weighted by Crippen LogP contribution is -2.14. The summed E-state index contributed by atoms with van der Waals surface area (Å²) >= 11 is 0. The van der Waals surface area contributed by atoms with Crippen LogP contribution in [0.4, 0.5) is 5.69 Å². The predicted octanol–water partition coefficient (Wildman–Crippen LogP) is 2.70. The van der Waals surface area contributed by atoms with Crippen LogP contribution in [0.25, 0.3) is 0 Å². The van der Waals surface area contributed by atoms with Gasteiger partial charge in [0.15, 0.2) is 0 Å². The summed E-state index contributed by atoms with van der Waals surface area (Å²) in [4.78, 5) is 10.2. The van der Waals surface area contributed by atoms with Crippen LogP contribution in [-0.2, 0) is 5.41 Å². The second-order valence-electron chi connectivity index (χ2n) is 4.00. The van der Waals surface area contributed by atoms with Gasteiger partial charge in [-0.2, -0.15) is 5.26 Å². The Morgan fingerprint density at radius 3 is 2.47 bits per heavy atom. The molecule has 0 aliphatic carbocycles. The smallest absolute Gasteiger partial charge is 0.258 e. The lowest BCUT2D eigenvalue weighted by Gasteiger charge is -2.15. The molecule has 1 aromatic carbocycles. The second-order valence-corrected chi connectivity index (χ2v) is 4.00. The fourth-order valence-electron chi connectivity index (χ4n) is 1.31. The van der Waals surface area contributed by atoms with Crippen molar-refractivity contribution in [3.63, 3.8) is 0 Å². The number of aryl methyl sites for hydroxylation is 1. The van der Waals surface area contributed by atoms with Crippen LogP contribution in [0.3, 0.4) is 0 Å². The minimum absolute atomic E-state index is 0.0903. The average molecular weight is 204 g/mol. The van der Waals surface area contributed by atoms with Crippen molar-refractivity contribution in [2.45, 2.75) is 26.2 Å². The molecule has 0 N–H and O–H groups in total. The van der Waals surface area contributed by atoms with E-state index in [0.29, 0.717) is 5.56 Å². The van der Waals surface area contributed by atoms with Gasteiger partial charge in [0.25, 0.3) is 5.69 Å². The molecule has 0 amide bonds. The highest BCUT2D eigenvalue weighted by molar-refractivity contribution is 5.45. The summed E-state index contributed by atoms with van der Waals surface area (Å²) in [5.74, 6) is 0. The molecule has 0 saturated carbocycles. The number of nitrogens with zero attached hydrogens (tertiary/aromatic N) is 2. The average Bonchev–Trinajstić information content (AvgIpc) is 2.17. The first kappa shape index (κ1) is 11.2. The molecule has 0 aliphatic rings. The van der Waals surface area contributed by atoms with Gasteiger partial charge >= 0.3 is 0 Å². The van der Waals surface area contributed by atoms with E-state index in [1.165, 1.54) is 6.07 Å². The molecule has 0 unspecified atom stereocenters. The van der Waals surface area contributed by atoms with Crippen molar-refractivity contribution < 1.29 is 4.92 Å². The van der Waals surface area contributed by atoms with E-state index in [9.17, 15) is 10.1 Å². The van der Waals surface area contributed by atoms with E-state index in [1.807, 2.05) is 0 Å². The number of hydrogen-bond donors (Lipinski definition) is 0. The maximum absolute atomic E-state index is 10.6. The van der Waals surface area contributed by atoms with E-state index in [-0.39, 0.29) is 5.69 Å². The largest absolute Gasteiger partial charge is 0.272 e. The molecule has 15 heavy (non-hydrogen) atoms. The number of rotatable bonds is 2. The van der Waals surface area contributed by atoms with Crippen molar-refractivity contribution in [1.29, 1.82) is 5.26 Å². The highest BCUT2D eigenvalue weighted by atomic mass is 16.6. The van der Waals surface area contributed by atoms with Gasteiger partial charge < -0.3 is 0 Å². The summed E-state index contributed by atoms with van der Waals surface area (Å²) in [6.45, 7) is 5.25. The maximum Gasteiger partial charge on any atom is 0.272 e. The van der Waals surface area contributed by atoms with E-state index >= 15 is 0 Å². The van der Waals surface area contributed by atoms with Crippen LogP contribution < -0.4 is 0 Å². The third-order valence-corrected chi connectivity index (χ3v) is 2.39. The summed E-state index contributed by atoms with van der Waals surface area (Å²) in [5, 5.41) is 19.5. The molecule has 0 aromatic heterocycles. The molecular formula is C11H12N2O2. The second kappa shape index (κ2) is 3.70. The van der Waals surface area contributed by atoms with E-state index in [1.54, 1.807) is 32.9 Å². The van der Waals surface area contributed by atoms with Gasteiger partial charge in [-0.1, -0.05) is 6.07 Å². The van der Waals surface area contributed by atoms with Crippen LogP contribution in [0.2, 0.25) is 0 Å². The van der Waals surface area contributed by atoms with Gasteiger partial charge in [-0.25, -0.2) is 0 Å². The van der Waals surface area contributed by atoms with E-state index < -0.39 is 10.3 Å². The van der Waals surface area contributed by atoms with Crippen molar-refractivity contribution in [3.05, 3.63) is 39.4 Å². The summed E-state index contributed by atoms with van der Waals surface area (Å²) in [6.07, 6.45) is 0. The summed E-state index contributed by atoms with van der Waals surface area (Å²) < 4.78 is 0. The molecule has 4 heteroatoms. The number of hydrogen-bond acceptors (Lipinski definition) is 3. The van der Waals surface area contributed by atoms with E-state index in [2.05, 4.69) is 6.07 Å². The molecule has 1 rings (SSSR count). The zero-order valence-electron chi connectivity index (χ0n) is 8.94. The lowest BCUT2D eigenvalue weighted by atomic mass is 9.85. The Balaban J connectivity index is 3.25. The molecule has 0 spiro atoms. The minimum Gasteiger partial charge on any atom is -0.258 e. The van der Waals surface area contributed by atoms with Crippen molar-refractivity contribution in [1.82, 2.24) is 0 Å². The molecule has 0 aliphatic heterocycles. The molecule has 0 heterocycles. The molecule has 0 saturated heterocycles. The maximum atomic E-state index is 10.6. The number of nitriles is 1. The minimum atomic E-state index is -0.611. The van der Waals surface area contributed by atoms with Crippen LogP contribution in [0, 0.1) is 28.4 Å². The predicted molar refractivity (Wildman–Crippen MR) is 56.5 cm³/mol. The van der Waals surface area contributed by atoms with Gasteiger partial charge in [0, 0.05) is 11.6 Å². The number of nitro groups is 1. The molecule has 78 valence electrons. The Labute approximate surface area is 88.3 Å². The molecule has 1 aromatic rings. The topological polar surface area (TPSA) is 66.9 Å². The molecule has 0 atom stereocenters. The van der Waals surface area contributed by atoms with Gasteiger partial charge in [0.05, 0.1) is 16.4 Å². The zero-order chi connectivity index (χ0) is 11.6. The van der Waals surface area contributed by atoms with Crippen molar-refractivity contribution in [2.75, 3.05) is 0 Å². The lowest BCUT2D eigenvalue weighted by molar-refractivity contribution is -0.385. The molecule has 0 bridgehead atoms. The first-order valence-electron chi connectivity index (χ1n) is 4.55. The third kappa shape index (κ3) is 2.13. The van der Waals surface area contributed by atoms with Crippen LogP contribution in [0.1, 0.15) is 25.0 Å². The Morgan fingerprint density at radius 2 is 2.07 bits per heavy atom.